The number of pyridine rings is 1. The highest BCUT2D eigenvalue weighted by molar-refractivity contribution is 8.00. The summed E-state index contributed by atoms with van der Waals surface area (Å²) in [5, 5.41) is 13.7. The molecule has 0 saturated heterocycles. The highest BCUT2D eigenvalue weighted by Gasteiger charge is 2.15. The lowest BCUT2D eigenvalue weighted by molar-refractivity contribution is -0.113. The number of carbonyl (C=O) groups is 1. The van der Waals surface area contributed by atoms with Crippen LogP contribution in [0.3, 0.4) is 0 Å². The van der Waals surface area contributed by atoms with E-state index in [1.54, 1.807) is 48.5 Å². The lowest BCUT2D eigenvalue weighted by atomic mass is 9.96. The summed E-state index contributed by atoms with van der Waals surface area (Å²) in [4.78, 5) is 17.3. The summed E-state index contributed by atoms with van der Waals surface area (Å²) in [7, 11) is 0. The number of aromatic nitrogens is 1. The smallest absolute Gasteiger partial charge is 0.234 e. The van der Waals surface area contributed by atoms with Crippen molar-refractivity contribution >= 4 is 35.0 Å². The van der Waals surface area contributed by atoms with Crippen LogP contribution in [0, 0.1) is 11.3 Å². The molecule has 0 saturated carbocycles. The number of halogens is 1. The van der Waals surface area contributed by atoms with E-state index in [0.717, 1.165) is 31.4 Å². The Balaban J connectivity index is 1.35. The van der Waals surface area contributed by atoms with E-state index in [9.17, 15) is 10.1 Å². The molecule has 2 aromatic carbocycles. The predicted molar refractivity (Wildman–Crippen MR) is 132 cm³/mol. The first-order valence-corrected chi connectivity index (χ1v) is 12.4. The van der Waals surface area contributed by atoms with Crippen molar-refractivity contribution in [2.24, 2.45) is 0 Å². The van der Waals surface area contributed by atoms with E-state index in [2.05, 4.69) is 11.4 Å². The Bertz CT molecular complexity index is 1160. The maximum atomic E-state index is 12.5. The van der Waals surface area contributed by atoms with Crippen LogP contribution in [0.25, 0.3) is 0 Å². The molecule has 1 amide bonds. The van der Waals surface area contributed by atoms with Gasteiger partial charge in [0.1, 0.15) is 22.6 Å². The number of anilines is 1. The Hall–Kier alpha value is -3.01. The molecule has 33 heavy (non-hydrogen) atoms. The summed E-state index contributed by atoms with van der Waals surface area (Å²) >= 11 is 7.20. The van der Waals surface area contributed by atoms with E-state index in [0.29, 0.717) is 32.8 Å². The molecule has 1 N–H and O–H groups in total. The first-order chi connectivity index (χ1) is 16.1. The molecule has 0 radical (unpaired) electrons. The van der Waals surface area contributed by atoms with Crippen molar-refractivity contribution in [3.05, 3.63) is 76.4 Å². The number of thioether (sulfide) groups is 1. The predicted octanol–water partition coefficient (Wildman–Crippen LogP) is 6.79. The van der Waals surface area contributed by atoms with Gasteiger partial charge in [0, 0.05) is 16.4 Å². The van der Waals surface area contributed by atoms with Gasteiger partial charge in [-0.25, -0.2) is 4.98 Å². The molecule has 1 aromatic heterocycles. The summed E-state index contributed by atoms with van der Waals surface area (Å²) in [6.45, 7) is 0. The van der Waals surface area contributed by atoms with E-state index in [1.165, 1.54) is 30.2 Å². The normalized spacial score (nSPS) is 13.2. The third-order valence-corrected chi connectivity index (χ3v) is 6.66. The Kier molecular flexibility index (Phi) is 7.87. The van der Waals surface area contributed by atoms with Crippen LogP contribution in [0.5, 0.6) is 11.5 Å². The fourth-order valence-corrected chi connectivity index (χ4v) is 4.64. The SMILES string of the molecule is N#Cc1cc2c(nc1SCC(=O)Nc1ccc(Oc3ccc(Cl)cc3)cc1)CCCCCC2. The molecule has 3 aromatic rings. The van der Waals surface area contributed by atoms with Crippen LogP contribution in [0.1, 0.15) is 42.5 Å². The van der Waals surface area contributed by atoms with Crippen molar-refractivity contribution < 1.29 is 9.53 Å². The van der Waals surface area contributed by atoms with Crippen LogP contribution < -0.4 is 10.1 Å². The molecule has 0 fully saturated rings. The van der Waals surface area contributed by atoms with Gasteiger partial charge >= 0.3 is 0 Å². The molecular weight excluding hydrogens is 454 g/mol. The second kappa shape index (κ2) is 11.2. The number of rotatable bonds is 6. The van der Waals surface area contributed by atoms with Gasteiger partial charge in [0.05, 0.1) is 11.3 Å². The standard InChI is InChI=1S/C26H24ClN3O2S/c27-20-7-11-22(12-8-20)32-23-13-9-21(10-14-23)29-25(31)17-33-26-19(16-28)15-18-5-3-1-2-4-6-24(18)30-26/h7-15H,1-6,17H2,(H,29,31). The second-order valence-electron chi connectivity index (χ2n) is 7.89. The zero-order valence-electron chi connectivity index (χ0n) is 18.1. The zero-order valence-corrected chi connectivity index (χ0v) is 19.7. The van der Waals surface area contributed by atoms with Gasteiger partial charge in [0.15, 0.2) is 0 Å². The molecule has 0 aliphatic heterocycles. The van der Waals surface area contributed by atoms with E-state index >= 15 is 0 Å². The van der Waals surface area contributed by atoms with Crippen molar-refractivity contribution in [2.45, 2.75) is 43.6 Å². The summed E-state index contributed by atoms with van der Waals surface area (Å²) in [5.74, 6) is 1.38. The number of nitrogens with zero attached hydrogens (tertiary/aromatic N) is 2. The maximum Gasteiger partial charge on any atom is 0.234 e. The third kappa shape index (κ3) is 6.50. The van der Waals surface area contributed by atoms with Gasteiger partial charge in [-0.3, -0.25) is 4.79 Å². The number of nitrogens with one attached hydrogen (secondary N) is 1. The number of benzene rings is 2. The molecule has 1 aliphatic rings. The molecule has 1 aliphatic carbocycles. The summed E-state index contributed by atoms with van der Waals surface area (Å²) < 4.78 is 5.77. The number of aryl methyl sites for hydroxylation is 2. The molecule has 0 spiro atoms. The Morgan fingerprint density at radius 2 is 1.70 bits per heavy atom. The average molecular weight is 478 g/mol. The first-order valence-electron chi connectivity index (χ1n) is 11.0. The van der Waals surface area contributed by atoms with Gasteiger partial charge in [-0.15, -0.1) is 0 Å². The number of nitriles is 1. The van der Waals surface area contributed by atoms with Crippen LogP contribution in [0.2, 0.25) is 5.02 Å². The number of carbonyl (C=O) groups excluding carboxylic acids is 1. The minimum atomic E-state index is -0.149. The largest absolute Gasteiger partial charge is 0.457 e. The van der Waals surface area contributed by atoms with E-state index in [4.69, 9.17) is 21.3 Å². The van der Waals surface area contributed by atoms with Crippen LogP contribution in [-0.2, 0) is 17.6 Å². The quantitative estimate of drug-likeness (QED) is 0.395. The van der Waals surface area contributed by atoms with Gasteiger partial charge in [-0.1, -0.05) is 36.2 Å². The Morgan fingerprint density at radius 3 is 2.39 bits per heavy atom. The fourth-order valence-electron chi connectivity index (χ4n) is 3.73. The second-order valence-corrected chi connectivity index (χ2v) is 9.29. The van der Waals surface area contributed by atoms with Crippen LogP contribution in [0.4, 0.5) is 5.69 Å². The first kappa shape index (κ1) is 23.2. The number of hydrogen-bond donors (Lipinski definition) is 1. The fraction of sp³-hybridized carbons (Fsp3) is 0.269. The monoisotopic (exact) mass is 477 g/mol. The Morgan fingerprint density at radius 1 is 1.03 bits per heavy atom. The maximum absolute atomic E-state index is 12.5. The number of ether oxygens (including phenoxy) is 1. The van der Waals surface area contributed by atoms with Gasteiger partial charge < -0.3 is 10.1 Å². The number of amides is 1. The molecule has 1 heterocycles. The molecule has 168 valence electrons. The van der Waals surface area contributed by atoms with Crippen molar-refractivity contribution in [1.82, 2.24) is 4.98 Å². The molecule has 5 nitrogen and oxygen atoms in total. The summed E-state index contributed by atoms with van der Waals surface area (Å²) in [6, 6.07) is 18.5. The van der Waals surface area contributed by atoms with Crippen LogP contribution >= 0.6 is 23.4 Å². The lowest BCUT2D eigenvalue weighted by Gasteiger charge is -2.15. The van der Waals surface area contributed by atoms with Gasteiger partial charge in [0.2, 0.25) is 5.91 Å². The average Bonchev–Trinajstić information content (AvgIpc) is 2.81. The van der Waals surface area contributed by atoms with Gasteiger partial charge in [-0.2, -0.15) is 5.26 Å². The molecule has 4 rings (SSSR count). The zero-order chi connectivity index (χ0) is 23.0. The van der Waals surface area contributed by atoms with Crippen LogP contribution in [-0.4, -0.2) is 16.6 Å². The minimum Gasteiger partial charge on any atom is -0.457 e. The number of fused-ring (bicyclic) bond motifs is 1. The summed E-state index contributed by atoms with van der Waals surface area (Å²) in [5.41, 5.74) is 3.49. The van der Waals surface area contributed by atoms with Crippen LogP contribution in [0.15, 0.2) is 59.6 Å². The van der Waals surface area contributed by atoms with E-state index in [-0.39, 0.29) is 11.7 Å². The lowest BCUT2D eigenvalue weighted by Crippen LogP contribution is -2.14. The molecule has 0 atom stereocenters. The molecular formula is C26H24ClN3O2S. The highest BCUT2D eigenvalue weighted by atomic mass is 35.5. The van der Waals surface area contributed by atoms with Gasteiger partial charge in [-0.05, 0) is 85.8 Å². The Labute approximate surface area is 203 Å². The minimum absolute atomic E-state index is 0.149. The van der Waals surface area contributed by atoms with Crippen molar-refractivity contribution in [1.29, 1.82) is 5.26 Å². The molecule has 0 bridgehead atoms. The van der Waals surface area contributed by atoms with Crippen molar-refractivity contribution in [3.8, 4) is 17.6 Å². The van der Waals surface area contributed by atoms with Gasteiger partial charge in [0.25, 0.3) is 0 Å². The van der Waals surface area contributed by atoms with E-state index < -0.39 is 0 Å². The topological polar surface area (TPSA) is 75.0 Å². The van der Waals surface area contributed by atoms with Crippen molar-refractivity contribution in [2.75, 3.05) is 11.1 Å². The number of hydrogen-bond acceptors (Lipinski definition) is 5. The summed E-state index contributed by atoms with van der Waals surface area (Å²) in [6.07, 6.45) is 6.61. The van der Waals surface area contributed by atoms with Crippen molar-refractivity contribution in [3.63, 3.8) is 0 Å². The molecule has 0 unspecified atom stereocenters. The van der Waals surface area contributed by atoms with E-state index in [1.807, 2.05) is 6.07 Å². The highest BCUT2D eigenvalue weighted by Crippen LogP contribution is 2.27. The molecule has 7 heteroatoms. The third-order valence-electron chi connectivity index (χ3n) is 5.41.